The highest BCUT2D eigenvalue weighted by Crippen LogP contribution is 2.16. The van der Waals surface area contributed by atoms with E-state index in [2.05, 4.69) is 19.2 Å². The van der Waals surface area contributed by atoms with Gasteiger partial charge < -0.3 is 10.2 Å². The van der Waals surface area contributed by atoms with Crippen molar-refractivity contribution < 1.29 is 4.79 Å². The molecule has 0 aliphatic carbocycles. The molecule has 1 N–H and O–H groups in total. The Balaban J connectivity index is 2.71. The third kappa shape index (κ3) is 1.97. The molecule has 12 heavy (non-hydrogen) atoms. The lowest BCUT2D eigenvalue weighted by Gasteiger charge is -2.36. The van der Waals surface area contributed by atoms with Crippen LogP contribution < -0.4 is 5.32 Å². The summed E-state index contributed by atoms with van der Waals surface area (Å²) in [6, 6.07) is 0. The van der Waals surface area contributed by atoms with Crippen molar-refractivity contribution in [3.8, 4) is 0 Å². The average Bonchev–Trinajstić information content (AvgIpc) is 2.09. The molecule has 0 aromatic rings. The molecule has 70 valence electrons. The number of amides is 1. The molecule has 1 aliphatic heterocycles. The summed E-state index contributed by atoms with van der Waals surface area (Å²) in [6.07, 6.45) is 1.06. The van der Waals surface area contributed by atoms with Gasteiger partial charge in [0.15, 0.2) is 0 Å². The lowest BCUT2D eigenvalue weighted by atomic mass is 10.0. The van der Waals surface area contributed by atoms with Crippen LogP contribution in [0.2, 0.25) is 0 Å². The number of hydrogen-bond acceptors (Lipinski definition) is 2. The van der Waals surface area contributed by atoms with E-state index in [0.29, 0.717) is 0 Å². The zero-order chi connectivity index (χ0) is 9.19. The maximum atomic E-state index is 11.3. The van der Waals surface area contributed by atoms with Crippen LogP contribution >= 0.6 is 0 Å². The molecule has 0 unspecified atom stereocenters. The number of carbonyl (C=O) groups is 1. The highest BCUT2D eigenvalue weighted by atomic mass is 16.2. The Kier molecular flexibility index (Phi) is 2.73. The summed E-state index contributed by atoms with van der Waals surface area (Å²) in [5, 5.41) is 3.33. The topological polar surface area (TPSA) is 32.3 Å². The number of nitrogens with zero attached hydrogens (tertiary/aromatic N) is 1. The van der Waals surface area contributed by atoms with Gasteiger partial charge in [-0.1, -0.05) is 0 Å². The molecule has 0 spiro atoms. The van der Waals surface area contributed by atoms with Gasteiger partial charge in [-0.25, -0.2) is 0 Å². The summed E-state index contributed by atoms with van der Waals surface area (Å²) >= 11 is 0. The van der Waals surface area contributed by atoms with E-state index in [1.165, 1.54) is 0 Å². The van der Waals surface area contributed by atoms with E-state index in [-0.39, 0.29) is 11.4 Å². The Hall–Kier alpha value is -0.570. The summed E-state index contributed by atoms with van der Waals surface area (Å²) in [5.74, 6) is 0.184. The van der Waals surface area contributed by atoms with Crippen molar-refractivity contribution in [3.05, 3.63) is 0 Å². The van der Waals surface area contributed by atoms with E-state index in [1.54, 1.807) is 6.92 Å². The van der Waals surface area contributed by atoms with Crippen LogP contribution in [0.15, 0.2) is 0 Å². The fraction of sp³-hybridized carbons (Fsp3) is 0.889. The zero-order valence-corrected chi connectivity index (χ0v) is 8.18. The van der Waals surface area contributed by atoms with Gasteiger partial charge in [0.1, 0.15) is 0 Å². The third-order valence-corrected chi connectivity index (χ3v) is 2.40. The Morgan fingerprint density at radius 3 is 2.75 bits per heavy atom. The van der Waals surface area contributed by atoms with Crippen LogP contribution in [0.1, 0.15) is 27.2 Å². The molecular weight excluding hydrogens is 152 g/mol. The van der Waals surface area contributed by atoms with Gasteiger partial charge in [-0.2, -0.15) is 0 Å². The van der Waals surface area contributed by atoms with Crippen LogP contribution in [0.4, 0.5) is 0 Å². The first-order valence-electron chi connectivity index (χ1n) is 4.53. The Morgan fingerprint density at radius 1 is 1.50 bits per heavy atom. The first-order valence-corrected chi connectivity index (χ1v) is 4.53. The molecule has 0 radical (unpaired) electrons. The molecule has 0 saturated carbocycles. The monoisotopic (exact) mass is 170 g/mol. The first-order chi connectivity index (χ1) is 5.54. The molecule has 0 aromatic carbocycles. The summed E-state index contributed by atoms with van der Waals surface area (Å²) in [7, 11) is 0. The summed E-state index contributed by atoms with van der Waals surface area (Å²) in [4.78, 5) is 13.2. The molecule has 1 aliphatic rings. The van der Waals surface area contributed by atoms with Gasteiger partial charge in [-0.3, -0.25) is 4.79 Å². The maximum absolute atomic E-state index is 11.3. The second-order valence-corrected chi connectivity index (χ2v) is 4.01. The fourth-order valence-corrected chi connectivity index (χ4v) is 1.74. The second-order valence-electron chi connectivity index (χ2n) is 4.01. The third-order valence-electron chi connectivity index (χ3n) is 2.40. The summed E-state index contributed by atoms with van der Waals surface area (Å²) in [5.41, 5.74) is -0.0255. The van der Waals surface area contributed by atoms with Gasteiger partial charge in [-0.05, 0) is 26.8 Å². The van der Waals surface area contributed by atoms with E-state index in [1.807, 2.05) is 4.90 Å². The minimum absolute atomic E-state index is 0.0255. The second kappa shape index (κ2) is 3.44. The van der Waals surface area contributed by atoms with Crippen LogP contribution in [0.3, 0.4) is 0 Å². The van der Waals surface area contributed by atoms with Crippen molar-refractivity contribution >= 4 is 5.91 Å². The fourth-order valence-electron chi connectivity index (χ4n) is 1.74. The van der Waals surface area contributed by atoms with Crippen LogP contribution in [0.25, 0.3) is 0 Å². The Labute approximate surface area is 74.1 Å². The SMILES string of the molecule is CC(=O)N1CCCNCC1(C)C. The molecule has 1 heterocycles. The Morgan fingerprint density at radius 2 is 2.17 bits per heavy atom. The molecule has 3 nitrogen and oxygen atoms in total. The van der Waals surface area contributed by atoms with Crippen molar-refractivity contribution in [2.45, 2.75) is 32.7 Å². The van der Waals surface area contributed by atoms with Gasteiger partial charge >= 0.3 is 0 Å². The van der Waals surface area contributed by atoms with Crippen molar-refractivity contribution in [2.75, 3.05) is 19.6 Å². The number of carbonyl (C=O) groups excluding carboxylic acids is 1. The largest absolute Gasteiger partial charge is 0.336 e. The minimum atomic E-state index is -0.0255. The van der Waals surface area contributed by atoms with Gasteiger partial charge in [-0.15, -0.1) is 0 Å². The highest BCUT2D eigenvalue weighted by Gasteiger charge is 2.29. The predicted octanol–water partition coefficient (Wildman–Crippen LogP) is 0.607. The Bertz CT molecular complexity index is 177. The van der Waals surface area contributed by atoms with Crippen LogP contribution in [0.5, 0.6) is 0 Å². The quantitative estimate of drug-likeness (QED) is 0.577. The molecule has 3 heteroatoms. The lowest BCUT2D eigenvalue weighted by molar-refractivity contribution is -0.133. The molecule has 0 atom stereocenters. The smallest absolute Gasteiger partial charge is 0.219 e. The van der Waals surface area contributed by atoms with Crippen molar-refractivity contribution in [2.24, 2.45) is 0 Å². The summed E-state index contributed by atoms with van der Waals surface area (Å²) in [6.45, 7) is 8.65. The molecule has 1 saturated heterocycles. The van der Waals surface area contributed by atoms with E-state index >= 15 is 0 Å². The molecule has 1 amide bonds. The van der Waals surface area contributed by atoms with E-state index < -0.39 is 0 Å². The molecule has 0 aromatic heterocycles. The number of hydrogen-bond donors (Lipinski definition) is 1. The normalized spacial score (nSPS) is 23.4. The van der Waals surface area contributed by atoms with Gasteiger partial charge in [0.05, 0.1) is 0 Å². The molecular formula is C9H18N2O. The molecule has 1 rings (SSSR count). The van der Waals surface area contributed by atoms with E-state index in [0.717, 1.165) is 26.1 Å². The van der Waals surface area contributed by atoms with Crippen molar-refractivity contribution in [3.63, 3.8) is 0 Å². The van der Waals surface area contributed by atoms with Crippen LogP contribution in [-0.2, 0) is 4.79 Å². The highest BCUT2D eigenvalue weighted by molar-refractivity contribution is 5.74. The van der Waals surface area contributed by atoms with Gasteiger partial charge in [0.2, 0.25) is 5.91 Å². The lowest BCUT2D eigenvalue weighted by Crippen LogP contribution is -2.50. The summed E-state index contributed by atoms with van der Waals surface area (Å²) < 4.78 is 0. The number of nitrogens with one attached hydrogen (secondary N) is 1. The minimum Gasteiger partial charge on any atom is -0.336 e. The van der Waals surface area contributed by atoms with E-state index in [4.69, 9.17) is 0 Å². The average molecular weight is 170 g/mol. The van der Waals surface area contributed by atoms with E-state index in [9.17, 15) is 4.79 Å². The maximum Gasteiger partial charge on any atom is 0.219 e. The zero-order valence-electron chi connectivity index (χ0n) is 8.18. The molecule has 0 bridgehead atoms. The van der Waals surface area contributed by atoms with Crippen LogP contribution in [-0.4, -0.2) is 36.0 Å². The predicted molar refractivity (Wildman–Crippen MR) is 49.0 cm³/mol. The van der Waals surface area contributed by atoms with Crippen LogP contribution in [0, 0.1) is 0 Å². The van der Waals surface area contributed by atoms with Crippen molar-refractivity contribution in [1.29, 1.82) is 0 Å². The standard InChI is InChI=1S/C9H18N2O/c1-8(12)11-6-4-5-10-7-9(11,2)3/h10H,4-7H2,1-3H3. The van der Waals surface area contributed by atoms with Gasteiger partial charge in [0.25, 0.3) is 0 Å². The first kappa shape index (κ1) is 9.52. The number of rotatable bonds is 0. The molecule has 1 fully saturated rings. The van der Waals surface area contributed by atoms with Gasteiger partial charge in [0, 0.05) is 25.6 Å². The van der Waals surface area contributed by atoms with Crippen molar-refractivity contribution in [1.82, 2.24) is 10.2 Å².